The van der Waals surface area contributed by atoms with Gasteiger partial charge in [0, 0.05) is 6.61 Å². The molecule has 2 heterocycles. The normalized spacial score (nSPS) is 26.9. The first-order valence-electron chi connectivity index (χ1n) is 5.49. The quantitative estimate of drug-likeness (QED) is 0.816. The molecule has 86 valence electrons. The molecule has 0 aromatic carbocycles. The van der Waals surface area contributed by atoms with E-state index < -0.39 is 11.5 Å². The van der Waals surface area contributed by atoms with Crippen LogP contribution in [0.25, 0.3) is 0 Å². The molecule has 2 fully saturated rings. The third-order valence-corrected chi connectivity index (χ3v) is 3.37. The van der Waals surface area contributed by atoms with Gasteiger partial charge in [0.2, 0.25) is 0 Å². The van der Waals surface area contributed by atoms with E-state index in [0.29, 0.717) is 18.7 Å². The fourth-order valence-electron chi connectivity index (χ4n) is 2.25. The Morgan fingerprint density at radius 1 is 1.62 bits per heavy atom. The molecule has 0 amide bonds. The van der Waals surface area contributed by atoms with Crippen molar-refractivity contribution in [3.05, 3.63) is 12.2 Å². The highest BCUT2D eigenvalue weighted by Gasteiger charge is 2.54. The number of carboxylic acids is 1. The summed E-state index contributed by atoms with van der Waals surface area (Å²) in [5.74, 6) is -0.135. The summed E-state index contributed by atoms with van der Waals surface area (Å²) in [5, 5.41) is 17.1. The first-order valence-corrected chi connectivity index (χ1v) is 5.49. The number of carbonyl (C=O) groups is 1. The molecule has 1 aromatic heterocycles. The van der Waals surface area contributed by atoms with Gasteiger partial charge >= 0.3 is 5.97 Å². The molecule has 0 bridgehead atoms. The monoisotopic (exact) mass is 223 g/mol. The molecule has 3 rings (SSSR count). The van der Waals surface area contributed by atoms with Crippen LogP contribution in [-0.2, 0) is 15.1 Å². The van der Waals surface area contributed by atoms with Crippen molar-refractivity contribution in [2.75, 3.05) is 6.61 Å². The summed E-state index contributed by atoms with van der Waals surface area (Å²) in [5.41, 5.74) is -0.801. The zero-order valence-corrected chi connectivity index (χ0v) is 8.80. The summed E-state index contributed by atoms with van der Waals surface area (Å²) in [6.07, 6.45) is 4.63. The van der Waals surface area contributed by atoms with Crippen LogP contribution in [0.15, 0.2) is 6.33 Å². The number of hydrogen-bond donors (Lipinski definition) is 1. The molecule has 16 heavy (non-hydrogen) atoms. The molecular formula is C10H13N3O3. The number of carboxylic acid groups (broad SMARTS) is 1. The molecule has 0 radical (unpaired) electrons. The van der Waals surface area contributed by atoms with E-state index in [9.17, 15) is 9.90 Å². The van der Waals surface area contributed by atoms with Crippen molar-refractivity contribution < 1.29 is 14.6 Å². The molecule has 0 spiro atoms. The van der Waals surface area contributed by atoms with Gasteiger partial charge in [-0.1, -0.05) is 0 Å². The number of aliphatic carboxylic acids is 1. The van der Waals surface area contributed by atoms with Crippen LogP contribution in [0.1, 0.15) is 37.6 Å². The molecule has 1 aromatic rings. The van der Waals surface area contributed by atoms with Gasteiger partial charge < -0.3 is 9.84 Å². The van der Waals surface area contributed by atoms with Gasteiger partial charge in [-0.2, -0.15) is 0 Å². The molecule has 6 nitrogen and oxygen atoms in total. The van der Waals surface area contributed by atoms with Crippen LogP contribution in [-0.4, -0.2) is 32.4 Å². The SMILES string of the molecule is O=C(O)C1(n2cnnc2C2CCCO2)CC1. The zero-order valence-electron chi connectivity index (χ0n) is 8.80. The highest BCUT2D eigenvalue weighted by atomic mass is 16.5. The summed E-state index contributed by atoms with van der Waals surface area (Å²) in [4.78, 5) is 11.2. The van der Waals surface area contributed by atoms with E-state index in [0.717, 1.165) is 19.4 Å². The van der Waals surface area contributed by atoms with E-state index in [1.54, 1.807) is 4.57 Å². The van der Waals surface area contributed by atoms with Crippen molar-refractivity contribution in [2.24, 2.45) is 0 Å². The second kappa shape index (κ2) is 3.28. The van der Waals surface area contributed by atoms with Crippen LogP contribution < -0.4 is 0 Å². The van der Waals surface area contributed by atoms with E-state index in [1.165, 1.54) is 6.33 Å². The molecule has 1 saturated heterocycles. The van der Waals surface area contributed by atoms with Gasteiger partial charge in [-0.15, -0.1) is 10.2 Å². The van der Waals surface area contributed by atoms with Crippen LogP contribution in [0, 0.1) is 0 Å². The topological polar surface area (TPSA) is 77.2 Å². The molecule has 1 N–H and O–H groups in total. The molecule has 1 unspecified atom stereocenters. The van der Waals surface area contributed by atoms with Crippen molar-refractivity contribution in [3.8, 4) is 0 Å². The minimum absolute atomic E-state index is 0.0840. The Morgan fingerprint density at radius 3 is 3.00 bits per heavy atom. The molecule has 1 aliphatic heterocycles. The summed E-state index contributed by atoms with van der Waals surface area (Å²) in [6.45, 7) is 0.720. The van der Waals surface area contributed by atoms with Gasteiger partial charge in [-0.25, -0.2) is 4.79 Å². The summed E-state index contributed by atoms with van der Waals surface area (Å²) >= 11 is 0. The Morgan fingerprint density at radius 2 is 2.44 bits per heavy atom. The van der Waals surface area contributed by atoms with E-state index in [4.69, 9.17) is 4.74 Å². The van der Waals surface area contributed by atoms with E-state index in [-0.39, 0.29) is 6.10 Å². The molecule has 2 aliphatic rings. The van der Waals surface area contributed by atoms with Crippen LogP contribution in [0.5, 0.6) is 0 Å². The van der Waals surface area contributed by atoms with Crippen LogP contribution in [0.2, 0.25) is 0 Å². The van der Waals surface area contributed by atoms with Gasteiger partial charge in [0.1, 0.15) is 18.0 Å². The highest BCUT2D eigenvalue weighted by Crippen LogP contribution is 2.45. The molecule has 1 atom stereocenters. The van der Waals surface area contributed by atoms with Gasteiger partial charge in [0.05, 0.1) is 0 Å². The molecular weight excluding hydrogens is 210 g/mol. The van der Waals surface area contributed by atoms with Crippen molar-refractivity contribution in [2.45, 2.75) is 37.3 Å². The summed E-state index contributed by atoms with van der Waals surface area (Å²) in [7, 11) is 0. The predicted octanol–water partition coefficient (Wildman–Crippen LogP) is 0.703. The van der Waals surface area contributed by atoms with Crippen molar-refractivity contribution in [1.29, 1.82) is 0 Å². The number of hydrogen-bond acceptors (Lipinski definition) is 4. The zero-order chi connectivity index (χ0) is 11.2. The van der Waals surface area contributed by atoms with Crippen LogP contribution >= 0.6 is 0 Å². The fourth-order valence-corrected chi connectivity index (χ4v) is 2.25. The molecule has 1 aliphatic carbocycles. The van der Waals surface area contributed by atoms with Crippen molar-refractivity contribution >= 4 is 5.97 Å². The summed E-state index contributed by atoms with van der Waals surface area (Å²) < 4.78 is 7.21. The maximum Gasteiger partial charge on any atom is 0.329 e. The van der Waals surface area contributed by atoms with Gasteiger partial charge in [-0.05, 0) is 25.7 Å². The Balaban J connectivity index is 1.96. The number of rotatable bonds is 3. The summed E-state index contributed by atoms with van der Waals surface area (Å²) in [6, 6.07) is 0. The first kappa shape index (κ1) is 9.77. The maximum absolute atomic E-state index is 11.2. The van der Waals surface area contributed by atoms with Crippen LogP contribution in [0.3, 0.4) is 0 Å². The fraction of sp³-hybridized carbons (Fsp3) is 0.700. The van der Waals surface area contributed by atoms with E-state index in [1.807, 2.05) is 0 Å². The smallest absolute Gasteiger partial charge is 0.329 e. The standard InChI is InChI=1S/C10H13N3O3/c14-9(15)10(3-4-10)13-6-11-12-8(13)7-2-1-5-16-7/h6-7H,1-5H2,(H,14,15). The second-order valence-corrected chi connectivity index (χ2v) is 4.40. The lowest BCUT2D eigenvalue weighted by Crippen LogP contribution is -2.29. The maximum atomic E-state index is 11.2. The van der Waals surface area contributed by atoms with Crippen molar-refractivity contribution in [3.63, 3.8) is 0 Å². The van der Waals surface area contributed by atoms with Gasteiger partial charge in [-0.3, -0.25) is 4.57 Å². The average Bonchev–Trinajstić information content (AvgIpc) is 2.74. The van der Waals surface area contributed by atoms with E-state index in [2.05, 4.69) is 10.2 Å². The average molecular weight is 223 g/mol. The van der Waals surface area contributed by atoms with Gasteiger partial charge in [0.15, 0.2) is 5.82 Å². The second-order valence-electron chi connectivity index (χ2n) is 4.40. The van der Waals surface area contributed by atoms with Crippen LogP contribution in [0.4, 0.5) is 0 Å². The van der Waals surface area contributed by atoms with Crippen molar-refractivity contribution in [1.82, 2.24) is 14.8 Å². The third kappa shape index (κ3) is 1.26. The minimum atomic E-state index is -0.801. The van der Waals surface area contributed by atoms with Gasteiger partial charge in [0.25, 0.3) is 0 Å². The Bertz CT molecular complexity index is 419. The lowest BCUT2D eigenvalue weighted by atomic mass is 10.2. The Labute approximate surface area is 92.2 Å². The minimum Gasteiger partial charge on any atom is -0.479 e. The number of aromatic nitrogens is 3. The third-order valence-electron chi connectivity index (χ3n) is 3.37. The highest BCUT2D eigenvalue weighted by molar-refractivity contribution is 5.80. The lowest BCUT2D eigenvalue weighted by Gasteiger charge is -2.16. The largest absolute Gasteiger partial charge is 0.479 e. The Hall–Kier alpha value is -1.43. The number of nitrogens with zero attached hydrogens (tertiary/aromatic N) is 3. The lowest BCUT2D eigenvalue weighted by molar-refractivity contribution is -0.142. The first-order chi connectivity index (χ1) is 7.74. The number of ether oxygens (including phenoxy) is 1. The Kier molecular flexibility index (Phi) is 2.00. The predicted molar refractivity (Wildman–Crippen MR) is 52.8 cm³/mol. The molecule has 1 saturated carbocycles. The van der Waals surface area contributed by atoms with E-state index >= 15 is 0 Å². The molecule has 6 heteroatoms.